The summed E-state index contributed by atoms with van der Waals surface area (Å²) in [6.45, 7) is 2.17. The first-order chi connectivity index (χ1) is 13.4. The lowest BCUT2D eigenvalue weighted by atomic mass is 9.78. The summed E-state index contributed by atoms with van der Waals surface area (Å²) < 4.78 is 5.69. The van der Waals surface area contributed by atoms with Crippen molar-refractivity contribution in [1.29, 1.82) is 0 Å². The van der Waals surface area contributed by atoms with Gasteiger partial charge in [0.1, 0.15) is 5.00 Å². The number of hydrogen-bond donors (Lipinski definition) is 3. The molecule has 3 aliphatic rings. The number of carbonyl (C=O) groups is 3. The third kappa shape index (κ3) is 3.22. The second-order valence-electron chi connectivity index (χ2n) is 8.14. The van der Waals surface area contributed by atoms with Crippen LogP contribution >= 0.6 is 11.3 Å². The van der Waals surface area contributed by atoms with Crippen molar-refractivity contribution in [3.63, 3.8) is 0 Å². The molecular weight excluding hydrogens is 380 g/mol. The van der Waals surface area contributed by atoms with Crippen LogP contribution in [0.25, 0.3) is 0 Å². The van der Waals surface area contributed by atoms with E-state index in [-0.39, 0.29) is 12.0 Å². The number of rotatable bonds is 6. The number of nitrogens with one attached hydrogen (secondary N) is 1. The Labute approximate surface area is 167 Å². The molecule has 152 valence electrons. The summed E-state index contributed by atoms with van der Waals surface area (Å²) in [7, 11) is 0. The number of thiophene rings is 1. The fourth-order valence-electron chi connectivity index (χ4n) is 5.18. The summed E-state index contributed by atoms with van der Waals surface area (Å²) in [4.78, 5) is 37.9. The van der Waals surface area contributed by atoms with Crippen molar-refractivity contribution in [3.8, 4) is 0 Å². The zero-order valence-electron chi connectivity index (χ0n) is 15.9. The minimum absolute atomic E-state index is 0.369. The number of amides is 2. The Morgan fingerprint density at radius 1 is 1.21 bits per heavy atom. The van der Waals surface area contributed by atoms with Crippen molar-refractivity contribution in [1.82, 2.24) is 0 Å². The molecule has 2 amide bonds. The Kier molecular flexibility index (Phi) is 5.18. The van der Waals surface area contributed by atoms with Gasteiger partial charge < -0.3 is 20.9 Å². The van der Waals surface area contributed by atoms with Gasteiger partial charge in [0.05, 0.1) is 29.6 Å². The average molecular weight is 407 g/mol. The van der Waals surface area contributed by atoms with Crippen molar-refractivity contribution < 1.29 is 24.2 Å². The van der Waals surface area contributed by atoms with Gasteiger partial charge in [0.2, 0.25) is 5.91 Å². The summed E-state index contributed by atoms with van der Waals surface area (Å²) in [5, 5.41) is 12.9. The number of fused-ring (bicyclic) bond motifs is 3. The SMILES string of the molecule is CCCC1CCc2c(sc(NC(=O)C3C4CCC(O4)C3C(=O)O)c2C(N)=O)C1. The van der Waals surface area contributed by atoms with E-state index in [4.69, 9.17) is 10.5 Å². The first-order valence-corrected chi connectivity index (χ1v) is 10.9. The van der Waals surface area contributed by atoms with Crippen molar-refractivity contribution in [3.05, 3.63) is 16.0 Å². The zero-order chi connectivity index (χ0) is 20.0. The molecule has 0 aromatic carbocycles. The third-order valence-corrected chi connectivity index (χ3v) is 7.58. The third-order valence-electron chi connectivity index (χ3n) is 6.41. The summed E-state index contributed by atoms with van der Waals surface area (Å²) >= 11 is 1.42. The normalized spacial score (nSPS) is 30.8. The Balaban J connectivity index is 1.59. The van der Waals surface area contributed by atoms with Gasteiger partial charge >= 0.3 is 5.97 Å². The maximum atomic E-state index is 13.0. The topological polar surface area (TPSA) is 119 Å². The van der Waals surface area contributed by atoms with E-state index in [9.17, 15) is 19.5 Å². The van der Waals surface area contributed by atoms with Crippen LogP contribution in [0.4, 0.5) is 5.00 Å². The second-order valence-corrected chi connectivity index (χ2v) is 9.24. The molecule has 1 aromatic rings. The number of ether oxygens (including phenoxy) is 1. The van der Waals surface area contributed by atoms with Crippen LogP contribution in [0, 0.1) is 17.8 Å². The first kappa shape index (κ1) is 19.4. The van der Waals surface area contributed by atoms with Crippen molar-refractivity contribution in [2.75, 3.05) is 5.32 Å². The molecule has 8 heteroatoms. The molecule has 0 radical (unpaired) electrons. The van der Waals surface area contributed by atoms with Crippen molar-refractivity contribution in [2.24, 2.45) is 23.5 Å². The van der Waals surface area contributed by atoms with Crippen LogP contribution in [0.5, 0.6) is 0 Å². The number of nitrogens with two attached hydrogens (primary N) is 1. The first-order valence-electron chi connectivity index (χ1n) is 10.0. The van der Waals surface area contributed by atoms with Gasteiger partial charge in [-0.1, -0.05) is 19.8 Å². The fraction of sp³-hybridized carbons (Fsp3) is 0.650. The van der Waals surface area contributed by atoms with Crippen LogP contribution in [0.15, 0.2) is 0 Å². The van der Waals surface area contributed by atoms with Crippen LogP contribution in [-0.2, 0) is 27.2 Å². The van der Waals surface area contributed by atoms with Gasteiger partial charge in [-0.3, -0.25) is 14.4 Å². The quantitative estimate of drug-likeness (QED) is 0.671. The van der Waals surface area contributed by atoms with E-state index in [2.05, 4.69) is 12.2 Å². The Morgan fingerprint density at radius 3 is 2.57 bits per heavy atom. The molecule has 5 unspecified atom stereocenters. The molecule has 1 aromatic heterocycles. The van der Waals surface area contributed by atoms with Crippen molar-refractivity contribution in [2.45, 2.75) is 64.1 Å². The van der Waals surface area contributed by atoms with E-state index in [1.807, 2.05) is 0 Å². The van der Waals surface area contributed by atoms with Gasteiger partial charge in [-0.25, -0.2) is 0 Å². The molecule has 2 fully saturated rings. The lowest BCUT2D eigenvalue weighted by molar-refractivity contribution is -0.147. The highest BCUT2D eigenvalue weighted by Gasteiger charge is 2.55. The van der Waals surface area contributed by atoms with E-state index in [0.717, 1.165) is 42.5 Å². The second kappa shape index (κ2) is 7.48. The highest BCUT2D eigenvalue weighted by Crippen LogP contribution is 2.45. The Morgan fingerprint density at radius 2 is 1.93 bits per heavy atom. The van der Waals surface area contributed by atoms with Gasteiger partial charge in [0.25, 0.3) is 5.91 Å². The maximum absolute atomic E-state index is 13.0. The van der Waals surface area contributed by atoms with E-state index >= 15 is 0 Å². The Hall–Kier alpha value is -1.93. The summed E-state index contributed by atoms with van der Waals surface area (Å²) in [5.41, 5.74) is 7.00. The van der Waals surface area contributed by atoms with Crippen molar-refractivity contribution >= 4 is 34.1 Å². The molecule has 3 heterocycles. The smallest absolute Gasteiger partial charge is 0.310 e. The molecule has 1 aliphatic carbocycles. The van der Waals surface area contributed by atoms with Gasteiger partial charge in [-0.15, -0.1) is 11.3 Å². The van der Waals surface area contributed by atoms with Crippen LogP contribution in [0.2, 0.25) is 0 Å². The van der Waals surface area contributed by atoms with Gasteiger partial charge in [0, 0.05) is 4.88 Å². The van der Waals surface area contributed by atoms with E-state index < -0.39 is 29.8 Å². The minimum Gasteiger partial charge on any atom is -0.481 e. The molecule has 4 rings (SSSR count). The van der Waals surface area contributed by atoms with Crippen LogP contribution in [-0.4, -0.2) is 35.1 Å². The molecule has 28 heavy (non-hydrogen) atoms. The number of hydrogen-bond acceptors (Lipinski definition) is 5. The standard InChI is InChI=1S/C20H26N2O5S/c1-2-3-9-4-5-10-13(8-9)28-19(14(10)17(21)23)22-18(24)15-11-6-7-12(27-11)16(15)20(25)26/h9,11-12,15-16H,2-8H2,1H3,(H2,21,23)(H,22,24)(H,25,26). The predicted octanol–water partition coefficient (Wildman–Crippen LogP) is 2.57. The number of aliphatic carboxylic acids is 1. The number of carboxylic acid groups (broad SMARTS) is 1. The van der Waals surface area contributed by atoms with Crippen LogP contribution < -0.4 is 11.1 Å². The highest BCUT2D eigenvalue weighted by atomic mass is 32.1. The Bertz CT molecular complexity index is 820. The fourth-order valence-corrected chi connectivity index (χ4v) is 6.55. The largest absolute Gasteiger partial charge is 0.481 e. The monoisotopic (exact) mass is 406 g/mol. The number of anilines is 1. The number of carboxylic acids is 1. The summed E-state index contributed by atoms with van der Waals surface area (Å²) in [6.07, 6.45) is 5.57. The van der Waals surface area contributed by atoms with Crippen LogP contribution in [0.3, 0.4) is 0 Å². The number of carbonyl (C=O) groups excluding carboxylic acids is 2. The average Bonchev–Trinajstić information content (AvgIpc) is 3.33. The van der Waals surface area contributed by atoms with Gasteiger partial charge in [-0.05, 0) is 43.6 Å². The zero-order valence-corrected chi connectivity index (χ0v) is 16.7. The number of primary amides is 1. The van der Waals surface area contributed by atoms with E-state index in [1.165, 1.54) is 11.3 Å². The highest BCUT2D eigenvalue weighted by molar-refractivity contribution is 7.17. The molecule has 2 aliphatic heterocycles. The molecule has 5 atom stereocenters. The molecule has 0 spiro atoms. The molecule has 4 N–H and O–H groups in total. The lowest BCUT2D eigenvalue weighted by Gasteiger charge is -2.23. The maximum Gasteiger partial charge on any atom is 0.310 e. The molecule has 2 bridgehead atoms. The molecular formula is C20H26N2O5S. The van der Waals surface area contributed by atoms with Gasteiger partial charge in [-0.2, -0.15) is 0 Å². The van der Waals surface area contributed by atoms with E-state index in [0.29, 0.717) is 29.3 Å². The van der Waals surface area contributed by atoms with Gasteiger partial charge in [0.15, 0.2) is 0 Å². The predicted molar refractivity (Wildman–Crippen MR) is 104 cm³/mol. The minimum atomic E-state index is -1.00. The van der Waals surface area contributed by atoms with Crippen LogP contribution in [0.1, 0.15) is 59.8 Å². The summed E-state index contributed by atoms with van der Waals surface area (Å²) in [5.74, 6) is -2.90. The molecule has 7 nitrogen and oxygen atoms in total. The molecule has 2 saturated heterocycles. The molecule has 0 saturated carbocycles. The lowest BCUT2D eigenvalue weighted by Crippen LogP contribution is -2.41. The van der Waals surface area contributed by atoms with E-state index in [1.54, 1.807) is 0 Å². The summed E-state index contributed by atoms with van der Waals surface area (Å²) in [6, 6.07) is 0.